The van der Waals surface area contributed by atoms with Gasteiger partial charge in [0.05, 0.1) is 31.9 Å². The van der Waals surface area contributed by atoms with Crippen LogP contribution in [0, 0.1) is 6.92 Å². The molecule has 1 N–H and O–H groups in total. The maximum absolute atomic E-state index is 13.4. The number of sulfonamides is 1. The predicted molar refractivity (Wildman–Crippen MR) is 134 cm³/mol. The van der Waals surface area contributed by atoms with Gasteiger partial charge in [-0.25, -0.2) is 18.2 Å². The number of pyridine rings is 1. The molecule has 8 nitrogen and oxygen atoms in total. The van der Waals surface area contributed by atoms with Gasteiger partial charge < -0.3 is 10.1 Å². The van der Waals surface area contributed by atoms with Gasteiger partial charge in [0.2, 0.25) is 0 Å². The fourth-order valence-electron chi connectivity index (χ4n) is 3.69. The van der Waals surface area contributed by atoms with Crippen LogP contribution in [0.1, 0.15) is 28.0 Å². The van der Waals surface area contributed by atoms with Crippen molar-refractivity contribution in [2.75, 3.05) is 22.8 Å². The van der Waals surface area contributed by atoms with Gasteiger partial charge in [-0.3, -0.25) is 9.10 Å². The molecule has 0 atom stereocenters. The number of benzene rings is 2. The molecule has 1 amide bonds. The number of anilines is 2. The quantitative estimate of drug-likeness (QED) is 0.463. The van der Waals surface area contributed by atoms with E-state index >= 15 is 0 Å². The van der Waals surface area contributed by atoms with Crippen LogP contribution in [0.2, 0.25) is 10.0 Å². The van der Waals surface area contributed by atoms with Gasteiger partial charge in [-0.15, -0.1) is 0 Å². The highest BCUT2D eigenvalue weighted by atomic mass is 35.5. The molecular weight excluding hydrogens is 513 g/mol. The lowest BCUT2D eigenvalue weighted by Crippen LogP contribution is -2.35. The molecule has 0 saturated heterocycles. The van der Waals surface area contributed by atoms with Gasteiger partial charge in [0.25, 0.3) is 15.9 Å². The lowest BCUT2D eigenvalue weighted by atomic mass is 10.0. The Kier molecular flexibility index (Phi) is 7.30. The van der Waals surface area contributed by atoms with Gasteiger partial charge in [0.15, 0.2) is 12.4 Å². The van der Waals surface area contributed by atoms with E-state index in [1.807, 2.05) is 12.1 Å². The van der Waals surface area contributed by atoms with Crippen molar-refractivity contribution in [3.8, 4) is 0 Å². The fraction of sp³-hybridized carbons (Fsp3) is 0.208. The smallest absolute Gasteiger partial charge is 0.338 e. The second-order valence-corrected chi connectivity index (χ2v) is 10.5. The molecule has 0 saturated carbocycles. The molecule has 1 aliphatic rings. The second kappa shape index (κ2) is 10.2. The van der Waals surface area contributed by atoms with Crippen molar-refractivity contribution in [1.82, 2.24) is 4.98 Å². The number of nitrogens with zero attached hydrogens (tertiary/aromatic N) is 2. The summed E-state index contributed by atoms with van der Waals surface area (Å²) in [5.41, 5.74) is 2.06. The number of rotatable bonds is 6. The minimum atomic E-state index is -3.90. The number of aromatic nitrogens is 1. The van der Waals surface area contributed by atoms with Crippen LogP contribution >= 0.6 is 23.2 Å². The molecule has 0 fully saturated rings. The third kappa shape index (κ3) is 5.42. The summed E-state index contributed by atoms with van der Waals surface area (Å²) in [6.45, 7) is 1.38. The first-order valence-electron chi connectivity index (χ1n) is 10.7. The number of para-hydroxylation sites is 1. The highest BCUT2D eigenvalue weighted by Gasteiger charge is 2.29. The zero-order valence-corrected chi connectivity index (χ0v) is 21.0. The molecule has 0 bridgehead atoms. The maximum atomic E-state index is 13.4. The molecule has 0 radical (unpaired) electrons. The Morgan fingerprint density at radius 3 is 2.66 bits per heavy atom. The number of esters is 1. The molecule has 3 aromatic rings. The van der Waals surface area contributed by atoms with Crippen LogP contribution < -0.4 is 9.62 Å². The van der Waals surface area contributed by atoms with E-state index in [1.54, 1.807) is 19.1 Å². The minimum absolute atomic E-state index is 0.00247. The first-order chi connectivity index (χ1) is 16.7. The lowest BCUT2D eigenvalue weighted by Gasteiger charge is -2.30. The van der Waals surface area contributed by atoms with E-state index in [1.165, 1.54) is 34.6 Å². The molecule has 1 aromatic heterocycles. The van der Waals surface area contributed by atoms with E-state index in [-0.39, 0.29) is 21.3 Å². The average molecular weight is 534 g/mol. The molecule has 0 unspecified atom stereocenters. The standard InChI is InChI=1S/C24H21Cl2N3O5S/c1-15-19(25)13-20(26)23(27-15)28-22(30)14-34-24(31)17-7-4-9-18(12-17)35(32,33)29-11-5-8-16-6-2-3-10-21(16)29/h2-4,6-7,9-10,12-13H,5,8,11,14H2,1H3,(H,27,28,30). The fourth-order valence-corrected chi connectivity index (χ4v) is 5.68. The summed E-state index contributed by atoms with van der Waals surface area (Å²) in [5.74, 6) is -1.42. The molecule has 0 spiro atoms. The highest BCUT2D eigenvalue weighted by Crippen LogP contribution is 2.32. The van der Waals surface area contributed by atoms with Crippen molar-refractivity contribution < 1.29 is 22.7 Å². The molecule has 35 heavy (non-hydrogen) atoms. The van der Waals surface area contributed by atoms with Crippen LogP contribution in [0.15, 0.2) is 59.5 Å². The van der Waals surface area contributed by atoms with Crippen LogP contribution in [-0.2, 0) is 26.0 Å². The number of ether oxygens (including phenoxy) is 1. The van der Waals surface area contributed by atoms with E-state index in [4.69, 9.17) is 27.9 Å². The SMILES string of the molecule is Cc1nc(NC(=O)COC(=O)c2cccc(S(=O)(=O)N3CCCc4ccccc43)c2)c(Cl)cc1Cl. The van der Waals surface area contributed by atoms with Gasteiger partial charge in [-0.05, 0) is 55.7 Å². The average Bonchev–Trinajstić information content (AvgIpc) is 2.85. The second-order valence-electron chi connectivity index (χ2n) is 7.85. The molecule has 4 rings (SSSR count). The largest absolute Gasteiger partial charge is 0.452 e. The van der Waals surface area contributed by atoms with E-state index in [0.717, 1.165) is 12.0 Å². The Balaban J connectivity index is 1.46. The normalized spacial score (nSPS) is 13.2. The topological polar surface area (TPSA) is 106 Å². The zero-order valence-electron chi connectivity index (χ0n) is 18.6. The van der Waals surface area contributed by atoms with Crippen molar-refractivity contribution in [1.29, 1.82) is 0 Å². The summed E-state index contributed by atoms with van der Waals surface area (Å²) < 4.78 is 33.1. The Morgan fingerprint density at radius 2 is 1.86 bits per heavy atom. The predicted octanol–water partition coefficient (Wildman–Crippen LogP) is 4.63. The molecule has 2 aromatic carbocycles. The van der Waals surface area contributed by atoms with Gasteiger partial charge in [0.1, 0.15) is 0 Å². The number of fused-ring (bicyclic) bond motifs is 1. The lowest BCUT2D eigenvalue weighted by molar-refractivity contribution is -0.119. The number of nitrogens with one attached hydrogen (secondary N) is 1. The monoisotopic (exact) mass is 533 g/mol. The van der Waals surface area contributed by atoms with Crippen LogP contribution in [0.25, 0.3) is 0 Å². The zero-order chi connectivity index (χ0) is 25.2. The van der Waals surface area contributed by atoms with Crippen LogP contribution in [0.4, 0.5) is 11.5 Å². The number of carbonyl (C=O) groups is 2. The Hall–Kier alpha value is -3.14. The molecule has 182 valence electrons. The molecule has 2 heterocycles. The summed E-state index contributed by atoms with van der Waals surface area (Å²) in [6.07, 6.45) is 1.49. The first-order valence-corrected chi connectivity index (χ1v) is 12.9. The van der Waals surface area contributed by atoms with Gasteiger partial charge in [-0.2, -0.15) is 0 Å². The van der Waals surface area contributed by atoms with Crippen LogP contribution in [-0.4, -0.2) is 38.4 Å². The third-order valence-electron chi connectivity index (χ3n) is 5.42. The van der Waals surface area contributed by atoms with Crippen LogP contribution in [0.3, 0.4) is 0 Å². The van der Waals surface area contributed by atoms with Gasteiger partial charge in [0, 0.05) is 6.54 Å². The molecule has 1 aliphatic heterocycles. The summed E-state index contributed by atoms with van der Waals surface area (Å²) >= 11 is 12.0. The van der Waals surface area contributed by atoms with E-state index in [9.17, 15) is 18.0 Å². The number of amides is 1. The Labute approximate surface area is 212 Å². The Bertz CT molecular complexity index is 1410. The minimum Gasteiger partial charge on any atom is -0.452 e. The van der Waals surface area contributed by atoms with Crippen molar-refractivity contribution >= 4 is 56.6 Å². The van der Waals surface area contributed by atoms with Crippen molar-refractivity contribution in [3.05, 3.63) is 81.5 Å². The van der Waals surface area contributed by atoms with Crippen molar-refractivity contribution in [2.24, 2.45) is 0 Å². The number of halogens is 2. The summed E-state index contributed by atoms with van der Waals surface area (Å²) in [6, 6.07) is 14.3. The maximum Gasteiger partial charge on any atom is 0.338 e. The molecule has 0 aliphatic carbocycles. The Morgan fingerprint density at radius 1 is 1.09 bits per heavy atom. The van der Waals surface area contributed by atoms with Gasteiger partial charge in [-0.1, -0.05) is 47.5 Å². The number of hydrogen-bond acceptors (Lipinski definition) is 6. The molecular formula is C24H21Cl2N3O5S. The summed E-state index contributed by atoms with van der Waals surface area (Å²) in [7, 11) is -3.90. The summed E-state index contributed by atoms with van der Waals surface area (Å²) in [4.78, 5) is 28.8. The third-order valence-corrected chi connectivity index (χ3v) is 7.90. The van der Waals surface area contributed by atoms with E-state index < -0.39 is 28.5 Å². The highest BCUT2D eigenvalue weighted by molar-refractivity contribution is 7.92. The van der Waals surface area contributed by atoms with Crippen LogP contribution in [0.5, 0.6) is 0 Å². The van der Waals surface area contributed by atoms with E-state index in [0.29, 0.717) is 29.4 Å². The number of aryl methyl sites for hydroxylation is 2. The van der Waals surface area contributed by atoms with Crippen molar-refractivity contribution in [2.45, 2.75) is 24.7 Å². The summed E-state index contributed by atoms with van der Waals surface area (Å²) in [5, 5.41) is 2.94. The van der Waals surface area contributed by atoms with Gasteiger partial charge >= 0.3 is 5.97 Å². The number of hydrogen-bond donors (Lipinski definition) is 1. The van der Waals surface area contributed by atoms with Crippen molar-refractivity contribution in [3.63, 3.8) is 0 Å². The first kappa shape index (κ1) is 25.0. The molecule has 11 heteroatoms. The number of carbonyl (C=O) groups excluding carboxylic acids is 2. The van der Waals surface area contributed by atoms with E-state index in [2.05, 4.69) is 10.3 Å².